The molecule has 33 heavy (non-hydrogen) atoms. The van der Waals surface area contributed by atoms with Gasteiger partial charge in [-0.3, -0.25) is 9.48 Å². The molecule has 0 spiro atoms. The van der Waals surface area contributed by atoms with Crippen LogP contribution >= 0.6 is 23.2 Å². The summed E-state index contributed by atoms with van der Waals surface area (Å²) in [5.74, 6) is -1.06. The zero-order valence-electron chi connectivity index (χ0n) is 18.8. The summed E-state index contributed by atoms with van der Waals surface area (Å²) in [6.07, 6.45) is 4.31. The Kier molecular flexibility index (Phi) is 7.89. The van der Waals surface area contributed by atoms with Crippen molar-refractivity contribution in [1.29, 1.82) is 0 Å². The fourth-order valence-corrected chi connectivity index (χ4v) is 3.51. The van der Waals surface area contributed by atoms with Gasteiger partial charge >= 0.3 is 5.97 Å². The number of carbonyl (C=O) groups is 2. The Bertz CT molecular complexity index is 1220. The number of hydrogen-bond acceptors (Lipinski definition) is 5. The molecule has 172 valence electrons. The lowest BCUT2D eigenvalue weighted by atomic mass is 10.1. The van der Waals surface area contributed by atoms with E-state index < -0.39 is 18.5 Å². The van der Waals surface area contributed by atoms with Crippen LogP contribution in [0.5, 0.6) is 0 Å². The van der Waals surface area contributed by atoms with E-state index in [9.17, 15) is 9.59 Å². The first-order chi connectivity index (χ1) is 15.7. The van der Waals surface area contributed by atoms with Crippen molar-refractivity contribution < 1.29 is 14.3 Å². The second-order valence-electron chi connectivity index (χ2n) is 7.61. The number of anilines is 1. The third-order valence-corrected chi connectivity index (χ3v) is 5.93. The molecule has 9 heteroatoms. The highest BCUT2D eigenvalue weighted by Gasteiger charge is 2.13. The van der Waals surface area contributed by atoms with Crippen LogP contribution in [0.1, 0.15) is 33.6 Å². The average molecular weight is 487 g/mol. The summed E-state index contributed by atoms with van der Waals surface area (Å²) >= 11 is 12.1. The molecule has 0 radical (unpaired) electrons. The number of rotatable bonds is 7. The van der Waals surface area contributed by atoms with Crippen LogP contribution in [0.4, 0.5) is 5.82 Å². The fourth-order valence-electron chi connectivity index (χ4n) is 3.12. The van der Waals surface area contributed by atoms with Gasteiger partial charge in [0.05, 0.1) is 22.3 Å². The lowest BCUT2D eigenvalue weighted by Crippen LogP contribution is -2.21. The largest absolute Gasteiger partial charge is 0.452 e. The Morgan fingerprint density at radius 1 is 1.12 bits per heavy atom. The first-order valence-electron chi connectivity index (χ1n) is 10.2. The van der Waals surface area contributed by atoms with Gasteiger partial charge in [-0.15, -0.1) is 0 Å². The summed E-state index contributed by atoms with van der Waals surface area (Å²) in [7, 11) is 0. The highest BCUT2D eigenvalue weighted by atomic mass is 35.5. The van der Waals surface area contributed by atoms with Crippen molar-refractivity contribution in [3.8, 4) is 0 Å². The zero-order valence-corrected chi connectivity index (χ0v) is 20.3. The number of aromatic nitrogens is 3. The van der Waals surface area contributed by atoms with E-state index >= 15 is 0 Å². The van der Waals surface area contributed by atoms with Gasteiger partial charge < -0.3 is 10.1 Å². The van der Waals surface area contributed by atoms with Gasteiger partial charge in [0, 0.05) is 23.5 Å². The summed E-state index contributed by atoms with van der Waals surface area (Å²) in [4.78, 5) is 28.2. The van der Waals surface area contributed by atoms with Gasteiger partial charge in [0.1, 0.15) is 0 Å². The summed E-state index contributed by atoms with van der Waals surface area (Å²) in [5.41, 5.74) is 5.48. The molecule has 3 rings (SSSR count). The van der Waals surface area contributed by atoms with Gasteiger partial charge in [0.2, 0.25) is 0 Å². The number of pyridine rings is 1. The van der Waals surface area contributed by atoms with Crippen molar-refractivity contribution >= 4 is 47.0 Å². The first-order valence-corrected chi connectivity index (χ1v) is 11.0. The smallest absolute Gasteiger partial charge is 0.331 e. The Labute approximate surface area is 202 Å². The van der Waals surface area contributed by atoms with Crippen molar-refractivity contribution in [3.63, 3.8) is 0 Å². The van der Waals surface area contributed by atoms with Gasteiger partial charge in [0.15, 0.2) is 12.4 Å². The average Bonchev–Trinajstić information content (AvgIpc) is 3.05. The molecule has 0 bridgehead atoms. The molecule has 0 saturated heterocycles. The molecule has 1 N–H and O–H groups in total. The maximum absolute atomic E-state index is 12.1. The van der Waals surface area contributed by atoms with E-state index in [0.717, 1.165) is 22.5 Å². The molecular weight excluding hydrogens is 463 g/mol. The minimum absolute atomic E-state index is 0.155. The minimum Gasteiger partial charge on any atom is -0.452 e. The highest BCUT2D eigenvalue weighted by Crippen LogP contribution is 2.28. The molecule has 0 aliphatic carbocycles. The topological polar surface area (TPSA) is 86.1 Å². The number of hydrogen-bond donors (Lipinski definition) is 1. The summed E-state index contributed by atoms with van der Waals surface area (Å²) in [6, 6.07) is 8.26. The predicted octanol–water partition coefficient (Wildman–Crippen LogP) is 5.06. The molecule has 0 aliphatic heterocycles. The number of esters is 1. The summed E-state index contributed by atoms with van der Waals surface area (Å²) in [5, 5.41) is 7.69. The number of halogens is 2. The molecule has 0 unspecified atom stereocenters. The molecule has 0 fully saturated rings. The predicted molar refractivity (Wildman–Crippen MR) is 130 cm³/mol. The van der Waals surface area contributed by atoms with Gasteiger partial charge in [-0.2, -0.15) is 5.10 Å². The number of nitrogens with one attached hydrogen (secondary N) is 1. The van der Waals surface area contributed by atoms with Crippen molar-refractivity contribution in [2.45, 2.75) is 34.2 Å². The lowest BCUT2D eigenvalue weighted by Gasteiger charge is -2.09. The van der Waals surface area contributed by atoms with E-state index in [-0.39, 0.29) is 10.8 Å². The first kappa shape index (κ1) is 24.5. The molecule has 0 atom stereocenters. The van der Waals surface area contributed by atoms with E-state index in [1.807, 2.05) is 25.5 Å². The van der Waals surface area contributed by atoms with E-state index in [4.69, 9.17) is 27.9 Å². The molecule has 1 aromatic carbocycles. The quantitative estimate of drug-likeness (QED) is 0.372. The third kappa shape index (κ3) is 6.21. The van der Waals surface area contributed by atoms with Crippen LogP contribution in [0.2, 0.25) is 10.0 Å². The Hall–Kier alpha value is -3.16. The third-order valence-electron chi connectivity index (χ3n) is 5.08. The number of benzene rings is 1. The number of carbonyl (C=O) groups excluding carboxylic acids is 2. The van der Waals surface area contributed by atoms with E-state index in [1.165, 1.54) is 17.8 Å². The minimum atomic E-state index is -0.651. The van der Waals surface area contributed by atoms with Crippen LogP contribution in [0, 0.1) is 27.7 Å². The molecule has 7 nitrogen and oxygen atoms in total. The number of amides is 1. The van der Waals surface area contributed by atoms with Gasteiger partial charge in [-0.25, -0.2) is 9.78 Å². The van der Waals surface area contributed by atoms with Crippen LogP contribution < -0.4 is 5.32 Å². The zero-order chi connectivity index (χ0) is 24.1. The summed E-state index contributed by atoms with van der Waals surface area (Å²) in [6.45, 7) is 7.72. The second kappa shape index (κ2) is 10.6. The summed E-state index contributed by atoms with van der Waals surface area (Å²) < 4.78 is 6.92. The monoisotopic (exact) mass is 486 g/mol. The molecule has 0 aliphatic rings. The molecule has 2 aromatic heterocycles. The second-order valence-corrected chi connectivity index (χ2v) is 8.40. The maximum Gasteiger partial charge on any atom is 0.331 e. The van der Waals surface area contributed by atoms with Crippen molar-refractivity contribution in [3.05, 3.63) is 80.2 Å². The fraction of sp³-hybridized carbons (Fsp3) is 0.250. The van der Waals surface area contributed by atoms with Crippen molar-refractivity contribution in [2.75, 3.05) is 11.9 Å². The van der Waals surface area contributed by atoms with Gasteiger partial charge in [-0.05, 0) is 44.9 Å². The SMILES string of the molecule is Cc1ccc(Cn2nc(C)c(/C=C/C(=O)OCC(=O)Nc3ncc(Cl)c(C)c3Cl)c2C)cc1. The Morgan fingerprint density at radius 2 is 1.82 bits per heavy atom. The van der Waals surface area contributed by atoms with E-state index in [0.29, 0.717) is 17.1 Å². The van der Waals surface area contributed by atoms with Crippen molar-refractivity contribution in [2.24, 2.45) is 0 Å². The lowest BCUT2D eigenvalue weighted by molar-refractivity contribution is -0.142. The van der Waals surface area contributed by atoms with Crippen LogP contribution in [0.3, 0.4) is 0 Å². The molecule has 3 aromatic rings. The standard InChI is InChI=1S/C24H24Cl2N4O3/c1-14-5-7-18(8-6-14)12-30-17(4)19(16(3)29-30)9-10-22(32)33-13-21(31)28-24-23(26)15(2)20(25)11-27-24/h5-11H,12-13H2,1-4H3,(H,27,28,31)/b10-9+. The van der Waals surface area contributed by atoms with E-state index in [2.05, 4.69) is 39.7 Å². The van der Waals surface area contributed by atoms with Crippen molar-refractivity contribution in [1.82, 2.24) is 14.8 Å². The highest BCUT2D eigenvalue weighted by molar-refractivity contribution is 6.37. The maximum atomic E-state index is 12.1. The van der Waals surface area contributed by atoms with Crippen LogP contribution in [-0.2, 0) is 20.9 Å². The Balaban J connectivity index is 1.58. The van der Waals surface area contributed by atoms with Crippen LogP contribution in [-0.4, -0.2) is 33.2 Å². The van der Waals surface area contributed by atoms with Crippen LogP contribution in [0.25, 0.3) is 6.08 Å². The Morgan fingerprint density at radius 3 is 2.52 bits per heavy atom. The van der Waals surface area contributed by atoms with Gasteiger partial charge in [0.25, 0.3) is 5.91 Å². The molecular formula is C24H24Cl2N4O3. The van der Waals surface area contributed by atoms with Gasteiger partial charge in [-0.1, -0.05) is 53.0 Å². The number of nitrogens with zero attached hydrogens (tertiary/aromatic N) is 3. The normalized spacial score (nSPS) is 11.1. The van der Waals surface area contributed by atoms with Crippen LogP contribution in [0.15, 0.2) is 36.5 Å². The van der Waals surface area contributed by atoms with E-state index in [1.54, 1.807) is 13.0 Å². The number of aryl methyl sites for hydroxylation is 2. The molecule has 0 saturated carbocycles. The molecule has 2 heterocycles. The number of ether oxygens (including phenoxy) is 1. The molecule has 1 amide bonds.